The van der Waals surface area contributed by atoms with Gasteiger partial charge in [-0.2, -0.15) is 0 Å². The highest BCUT2D eigenvalue weighted by atomic mass is 35.5. The van der Waals surface area contributed by atoms with Gasteiger partial charge in [0.25, 0.3) is 5.91 Å². The van der Waals surface area contributed by atoms with Gasteiger partial charge in [0.2, 0.25) is 0 Å². The first-order valence-corrected chi connectivity index (χ1v) is 8.90. The van der Waals surface area contributed by atoms with Crippen LogP contribution in [0, 0.1) is 0 Å². The summed E-state index contributed by atoms with van der Waals surface area (Å²) in [7, 11) is 0. The molecule has 1 aliphatic carbocycles. The summed E-state index contributed by atoms with van der Waals surface area (Å²) >= 11 is 6.31. The molecule has 1 aliphatic rings. The van der Waals surface area contributed by atoms with E-state index >= 15 is 0 Å². The molecule has 3 nitrogen and oxygen atoms in total. The number of halogens is 1. The van der Waals surface area contributed by atoms with Gasteiger partial charge in [0.05, 0.1) is 0 Å². The summed E-state index contributed by atoms with van der Waals surface area (Å²) in [6.45, 7) is 1.04. The maximum atomic E-state index is 13.1. The van der Waals surface area contributed by atoms with Crippen molar-refractivity contribution in [3.63, 3.8) is 0 Å². The van der Waals surface area contributed by atoms with Gasteiger partial charge in [0, 0.05) is 29.7 Å². The molecule has 0 heterocycles. The van der Waals surface area contributed by atoms with Gasteiger partial charge in [-0.25, -0.2) is 0 Å². The lowest BCUT2D eigenvalue weighted by molar-refractivity contribution is 0.0664. The monoisotopic (exact) mass is 342 g/mol. The van der Waals surface area contributed by atoms with Crippen molar-refractivity contribution in [3.8, 4) is 0 Å². The molecular weight excluding hydrogens is 320 g/mol. The van der Waals surface area contributed by atoms with Crippen LogP contribution in [0.25, 0.3) is 0 Å². The third-order valence-electron chi connectivity index (χ3n) is 4.76. The minimum atomic E-state index is 0.0744. The van der Waals surface area contributed by atoms with Crippen LogP contribution in [0.15, 0.2) is 48.5 Å². The van der Waals surface area contributed by atoms with Gasteiger partial charge in [-0.3, -0.25) is 4.79 Å². The van der Waals surface area contributed by atoms with E-state index in [0.29, 0.717) is 29.7 Å². The third kappa shape index (κ3) is 3.80. The minimum absolute atomic E-state index is 0.0744. The Balaban J connectivity index is 1.86. The zero-order valence-corrected chi connectivity index (χ0v) is 14.5. The van der Waals surface area contributed by atoms with E-state index in [-0.39, 0.29) is 5.91 Å². The topological polar surface area (TPSA) is 46.3 Å². The summed E-state index contributed by atoms with van der Waals surface area (Å²) in [6, 6.07) is 15.7. The molecule has 0 saturated heterocycles. The highest BCUT2D eigenvalue weighted by Gasteiger charge is 2.28. The first-order chi connectivity index (χ1) is 11.7. The van der Waals surface area contributed by atoms with Crippen LogP contribution in [0.1, 0.15) is 47.2 Å². The SMILES string of the molecule is NCc1ccc(C(=O)N(Cc2ccccc2Cl)C2CCCC2)cc1. The number of rotatable bonds is 5. The lowest BCUT2D eigenvalue weighted by Gasteiger charge is -2.29. The van der Waals surface area contributed by atoms with Gasteiger partial charge < -0.3 is 10.6 Å². The molecular formula is C20H23ClN2O. The first kappa shape index (κ1) is 17.0. The van der Waals surface area contributed by atoms with E-state index in [2.05, 4.69) is 0 Å². The molecule has 126 valence electrons. The van der Waals surface area contributed by atoms with Crippen LogP contribution < -0.4 is 5.73 Å². The number of benzene rings is 2. The van der Waals surface area contributed by atoms with E-state index in [1.165, 1.54) is 12.8 Å². The number of nitrogens with two attached hydrogens (primary N) is 1. The first-order valence-electron chi connectivity index (χ1n) is 8.52. The zero-order valence-electron chi connectivity index (χ0n) is 13.7. The minimum Gasteiger partial charge on any atom is -0.331 e. The lowest BCUT2D eigenvalue weighted by Crippen LogP contribution is -2.38. The number of nitrogens with zero attached hydrogens (tertiary/aromatic N) is 1. The molecule has 0 aromatic heterocycles. The van der Waals surface area contributed by atoms with Crippen molar-refractivity contribution in [2.45, 2.75) is 44.8 Å². The van der Waals surface area contributed by atoms with Crippen LogP contribution in [0.3, 0.4) is 0 Å². The predicted molar refractivity (Wildman–Crippen MR) is 97.9 cm³/mol. The van der Waals surface area contributed by atoms with Gasteiger partial charge in [0.1, 0.15) is 0 Å². The normalized spacial score (nSPS) is 14.8. The molecule has 3 rings (SSSR count). The van der Waals surface area contributed by atoms with Crippen molar-refractivity contribution in [1.82, 2.24) is 4.90 Å². The van der Waals surface area contributed by atoms with Crippen LogP contribution in [0.5, 0.6) is 0 Å². The second kappa shape index (κ2) is 7.82. The Hall–Kier alpha value is -1.84. The Kier molecular flexibility index (Phi) is 5.54. The fourth-order valence-electron chi connectivity index (χ4n) is 3.34. The van der Waals surface area contributed by atoms with E-state index < -0.39 is 0 Å². The van der Waals surface area contributed by atoms with Crippen molar-refractivity contribution < 1.29 is 4.79 Å². The van der Waals surface area contributed by atoms with Gasteiger partial charge in [-0.1, -0.05) is 54.8 Å². The molecule has 4 heteroatoms. The van der Waals surface area contributed by atoms with Crippen molar-refractivity contribution >= 4 is 17.5 Å². The molecule has 0 atom stereocenters. The summed E-state index contributed by atoms with van der Waals surface area (Å²) < 4.78 is 0. The van der Waals surface area contributed by atoms with E-state index in [1.807, 2.05) is 53.4 Å². The summed E-state index contributed by atoms with van der Waals surface area (Å²) in [6.07, 6.45) is 4.50. The Morgan fingerprint density at radius 1 is 1.08 bits per heavy atom. The lowest BCUT2D eigenvalue weighted by atomic mass is 10.1. The van der Waals surface area contributed by atoms with E-state index in [9.17, 15) is 4.79 Å². The van der Waals surface area contributed by atoms with Crippen molar-refractivity contribution in [2.24, 2.45) is 5.73 Å². The highest BCUT2D eigenvalue weighted by Crippen LogP contribution is 2.28. The number of hydrogen-bond donors (Lipinski definition) is 1. The van der Waals surface area contributed by atoms with Crippen LogP contribution >= 0.6 is 11.6 Å². The smallest absolute Gasteiger partial charge is 0.254 e. The van der Waals surface area contributed by atoms with Crippen LogP contribution in [-0.2, 0) is 13.1 Å². The van der Waals surface area contributed by atoms with Crippen molar-refractivity contribution in [1.29, 1.82) is 0 Å². The molecule has 0 spiro atoms. The Morgan fingerprint density at radius 2 is 1.75 bits per heavy atom. The maximum Gasteiger partial charge on any atom is 0.254 e. The number of hydrogen-bond acceptors (Lipinski definition) is 2. The average Bonchev–Trinajstić information content (AvgIpc) is 3.15. The summed E-state index contributed by atoms with van der Waals surface area (Å²) in [5, 5.41) is 0.715. The fourth-order valence-corrected chi connectivity index (χ4v) is 3.54. The molecule has 0 unspecified atom stereocenters. The second-order valence-corrected chi connectivity index (χ2v) is 6.77. The molecule has 0 bridgehead atoms. The number of carbonyl (C=O) groups excluding carboxylic acids is 1. The molecule has 1 fully saturated rings. The number of carbonyl (C=O) groups is 1. The third-order valence-corrected chi connectivity index (χ3v) is 5.13. The summed E-state index contributed by atoms with van der Waals surface area (Å²) in [5.41, 5.74) is 8.39. The van der Waals surface area contributed by atoms with E-state index in [4.69, 9.17) is 17.3 Å². The van der Waals surface area contributed by atoms with Crippen molar-refractivity contribution in [3.05, 3.63) is 70.2 Å². The van der Waals surface area contributed by atoms with E-state index in [1.54, 1.807) is 0 Å². The second-order valence-electron chi connectivity index (χ2n) is 6.36. The molecule has 24 heavy (non-hydrogen) atoms. The van der Waals surface area contributed by atoms with E-state index in [0.717, 1.165) is 24.0 Å². The van der Waals surface area contributed by atoms with Crippen LogP contribution in [-0.4, -0.2) is 16.8 Å². The summed E-state index contributed by atoms with van der Waals surface area (Å²) in [5.74, 6) is 0.0744. The predicted octanol–water partition coefficient (Wildman–Crippen LogP) is 4.38. The molecule has 0 aliphatic heterocycles. The van der Waals surface area contributed by atoms with Gasteiger partial charge >= 0.3 is 0 Å². The van der Waals surface area contributed by atoms with Crippen LogP contribution in [0.4, 0.5) is 0 Å². The number of amides is 1. The molecule has 2 N–H and O–H groups in total. The van der Waals surface area contributed by atoms with Crippen LogP contribution in [0.2, 0.25) is 5.02 Å². The Labute approximate surface area is 148 Å². The van der Waals surface area contributed by atoms with Gasteiger partial charge in [-0.15, -0.1) is 0 Å². The maximum absolute atomic E-state index is 13.1. The van der Waals surface area contributed by atoms with Gasteiger partial charge in [0.15, 0.2) is 0 Å². The fraction of sp³-hybridized carbons (Fsp3) is 0.350. The van der Waals surface area contributed by atoms with Gasteiger partial charge in [-0.05, 0) is 42.2 Å². The largest absolute Gasteiger partial charge is 0.331 e. The molecule has 1 saturated carbocycles. The highest BCUT2D eigenvalue weighted by molar-refractivity contribution is 6.31. The molecule has 0 radical (unpaired) electrons. The standard InChI is InChI=1S/C20H23ClN2O/c21-19-8-4-1-5-17(19)14-23(18-6-2-3-7-18)20(24)16-11-9-15(13-22)10-12-16/h1,4-5,8-12,18H,2-3,6-7,13-14,22H2. The molecule has 2 aromatic rings. The molecule has 2 aromatic carbocycles. The average molecular weight is 343 g/mol. The Morgan fingerprint density at radius 3 is 2.38 bits per heavy atom. The van der Waals surface area contributed by atoms with Crippen molar-refractivity contribution in [2.75, 3.05) is 0 Å². The molecule has 1 amide bonds. The quantitative estimate of drug-likeness (QED) is 0.876. The summed E-state index contributed by atoms with van der Waals surface area (Å²) in [4.78, 5) is 15.1. The Bertz CT molecular complexity index is 693. The zero-order chi connectivity index (χ0) is 16.9.